The first-order chi connectivity index (χ1) is 8.11. The summed E-state index contributed by atoms with van der Waals surface area (Å²) in [6.07, 6.45) is 0. The van der Waals surface area contributed by atoms with Crippen LogP contribution < -0.4 is 4.43 Å². The summed E-state index contributed by atoms with van der Waals surface area (Å²) in [4.78, 5) is 0. The van der Waals surface area contributed by atoms with Crippen LogP contribution in [0.25, 0.3) is 0 Å². The fourth-order valence-electron chi connectivity index (χ4n) is 3.41. The van der Waals surface area contributed by atoms with Gasteiger partial charge in [0.2, 0.25) is 5.88 Å². The van der Waals surface area contributed by atoms with Crippen LogP contribution in [-0.4, -0.2) is 18.5 Å². The zero-order valence-corrected chi connectivity index (χ0v) is 14.1. The minimum absolute atomic E-state index is 0.183. The molecule has 18 heavy (non-hydrogen) atoms. The maximum atomic E-state index is 6.51. The van der Waals surface area contributed by atoms with Crippen LogP contribution >= 0.6 is 0 Å². The summed E-state index contributed by atoms with van der Waals surface area (Å²) in [6, 6.07) is 2.00. The first-order valence-corrected chi connectivity index (χ1v) is 8.88. The number of rotatable bonds is 4. The number of hydrogen-bond donors (Lipinski definition) is 1. The van der Waals surface area contributed by atoms with E-state index in [1.165, 1.54) is 0 Å². The molecule has 0 spiro atoms. The minimum atomic E-state index is -1.96. The van der Waals surface area contributed by atoms with Crippen molar-refractivity contribution >= 4 is 8.32 Å². The van der Waals surface area contributed by atoms with Crippen molar-refractivity contribution in [3.8, 4) is 5.88 Å². The van der Waals surface area contributed by atoms with Gasteiger partial charge in [-0.15, -0.1) is 5.10 Å². The Morgan fingerprint density at radius 1 is 1.17 bits per heavy atom. The lowest BCUT2D eigenvalue weighted by atomic mass is 10.2. The number of aromatic nitrogens is 2. The summed E-state index contributed by atoms with van der Waals surface area (Å²) in [5.41, 5.74) is 2.15. The third kappa shape index (κ3) is 2.63. The van der Waals surface area contributed by atoms with Crippen molar-refractivity contribution in [2.45, 2.75) is 71.5 Å². The fourth-order valence-corrected chi connectivity index (χ4v) is 9.43. The van der Waals surface area contributed by atoms with E-state index in [1.807, 2.05) is 13.0 Å². The largest absolute Gasteiger partial charge is 0.529 e. The standard InChI is InChI=1S/C14H28N2OSi/c1-10(2)18(11(3)4,14(6,7)8)17-13-9-12(5)15-16-13/h9-11H,1-8H3,(H,15,16). The third-order valence-electron chi connectivity index (χ3n) is 3.84. The molecule has 1 aromatic rings. The van der Waals surface area contributed by atoms with Crippen LogP contribution in [0.1, 0.15) is 54.2 Å². The van der Waals surface area contributed by atoms with E-state index < -0.39 is 8.32 Å². The van der Waals surface area contributed by atoms with E-state index in [2.05, 4.69) is 58.7 Å². The quantitative estimate of drug-likeness (QED) is 0.806. The molecule has 0 aliphatic heterocycles. The topological polar surface area (TPSA) is 37.9 Å². The zero-order valence-electron chi connectivity index (χ0n) is 13.1. The van der Waals surface area contributed by atoms with Crippen molar-refractivity contribution in [3.05, 3.63) is 11.8 Å². The Labute approximate surface area is 112 Å². The van der Waals surface area contributed by atoms with Crippen molar-refractivity contribution in [2.24, 2.45) is 0 Å². The molecule has 0 aromatic carbocycles. The Balaban J connectivity index is 3.19. The summed E-state index contributed by atoms with van der Waals surface area (Å²) in [6.45, 7) is 18.1. The van der Waals surface area contributed by atoms with E-state index in [0.717, 1.165) is 11.6 Å². The lowest BCUT2D eigenvalue weighted by Gasteiger charge is -2.47. The number of hydrogen-bond acceptors (Lipinski definition) is 2. The van der Waals surface area contributed by atoms with Crippen LogP contribution in [0.15, 0.2) is 6.07 Å². The number of nitrogens with zero attached hydrogens (tertiary/aromatic N) is 1. The van der Waals surface area contributed by atoms with Crippen molar-refractivity contribution in [1.82, 2.24) is 10.2 Å². The number of H-pyrrole nitrogens is 1. The van der Waals surface area contributed by atoms with E-state index in [1.54, 1.807) is 0 Å². The van der Waals surface area contributed by atoms with Crippen LogP contribution in [0.3, 0.4) is 0 Å². The lowest BCUT2D eigenvalue weighted by Crippen LogP contribution is -2.55. The maximum absolute atomic E-state index is 6.51. The average Bonchev–Trinajstić information content (AvgIpc) is 2.57. The molecular formula is C14H28N2OSi. The van der Waals surface area contributed by atoms with Gasteiger partial charge in [0, 0.05) is 11.8 Å². The molecule has 1 aromatic heterocycles. The van der Waals surface area contributed by atoms with Gasteiger partial charge in [-0.05, 0) is 23.0 Å². The molecule has 0 aliphatic carbocycles. The second kappa shape index (κ2) is 5.08. The normalized spacial score (nSPS) is 13.4. The zero-order chi connectivity index (χ0) is 14.1. The molecule has 1 N–H and O–H groups in total. The van der Waals surface area contributed by atoms with Crippen LogP contribution in [0, 0.1) is 6.92 Å². The molecule has 0 unspecified atom stereocenters. The number of nitrogens with one attached hydrogen (secondary N) is 1. The van der Waals surface area contributed by atoms with E-state index >= 15 is 0 Å². The minimum Gasteiger partial charge on any atom is -0.529 e. The summed E-state index contributed by atoms with van der Waals surface area (Å²) in [5, 5.41) is 7.42. The molecule has 0 radical (unpaired) electrons. The highest BCUT2D eigenvalue weighted by atomic mass is 28.4. The Kier molecular flexibility index (Phi) is 4.31. The van der Waals surface area contributed by atoms with Crippen molar-refractivity contribution in [2.75, 3.05) is 0 Å². The molecule has 104 valence electrons. The highest BCUT2D eigenvalue weighted by Gasteiger charge is 2.53. The summed E-state index contributed by atoms with van der Waals surface area (Å²) in [7, 11) is -1.96. The Hall–Kier alpha value is -0.773. The summed E-state index contributed by atoms with van der Waals surface area (Å²) >= 11 is 0. The smallest absolute Gasteiger partial charge is 0.263 e. The molecule has 0 saturated carbocycles. The van der Waals surface area contributed by atoms with Crippen molar-refractivity contribution < 1.29 is 4.43 Å². The molecule has 0 bridgehead atoms. The van der Waals surface area contributed by atoms with Gasteiger partial charge in [0.15, 0.2) is 0 Å². The van der Waals surface area contributed by atoms with E-state index in [4.69, 9.17) is 4.43 Å². The van der Waals surface area contributed by atoms with Crippen molar-refractivity contribution in [3.63, 3.8) is 0 Å². The molecular weight excluding hydrogens is 240 g/mol. The van der Waals surface area contributed by atoms with Gasteiger partial charge in [-0.1, -0.05) is 48.5 Å². The monoisotopic (exact) mass is 268 g/mol. The van der Waals surface area contributed by atoms with Gasteiger partial charge in [0.05, 0.1) is 0 Å². The summed E-state index contributed by atoms with van der Waals surface area (Å²) in [5.74, 6) is 0.761. The second-order valence-electron chi connectivity index (χ2n) is 6.84. The van der Waals surface area contributed by atoms with Gasteiger partial charge < -0.3 is 4.43 Å². The predicted molar refractivity (Wildman–Crippen MR) is 79.6 cm³/mol. The molecule has 0 saturated heterocycles. The van der Waals surface area contributed by atoms with Crippen LogP contribution in [0.4, 0.5) is 0 Å². The first kappa shape index (κ1) is 15.3. The first-order valence-electron chi connectivity index (χ1n) is 6.82. The van der Waals surface area contributed by atoms with E-state index in [-0.39, 0.29) is 5.04 Å². The van der Waals surface area contributed by atoms with Crippen LogP contribution in [0.5, 0.6) is 5.88 Å². The molecule has 0 atom stereocenters. The Morgan fingerprint density at radius 2 is 1.67 bits per heavy atom. The number of aryl methyl sites for hydroxylation is 1. The summed E-state index contributed by atoms with van der Waals surface area (Å²) < 4.78 is 6.51. The highest BCUT2D eigenvalue weighted by molar-refractivity contribution is 6.79. The average molecular weight is 268 g/mol. The molecule has 1 rings (SSSR count). The van der Waals surface area contributed by atoms with Crippen molar-refractivity contribution in [1.29, 1.82) is 0 Å². The van der Waals surface area contributed by atoms with Gasteiger partial charge in [-0.2, -0.15) is 0 Å². The second-order valence-corrected chi connectivity index (χ2v) is 12.4. The van der Waals surface area contributed by atoms with Gasteiger partial charge >= 0.3 is 0 Å². The van der Waals surface area contributed by atoms with Gasteiger partial charge in [0.25, 0.3) is 8.32 Å². The molecule has 4 heteroatoms. The SMILES string of the molecule is Cc1cc(O[Si](C(C)C)(C(C)C)C(C)(C)C)n[nH]1. The number of aromatic amines is 1. The molecule has 0 fully saturated rings. The maximum Gasteiger partial charge on any atom is 0.263 e. The Morgan fingerprint density at radius 3 is 1.94 bits per heavy atom. The lowest BCUT2D eigenvalue weighted by molar-refractivity contribution is 0.427. The molecule has 3 nitrogen and oxygen atoms in total. The third-order valence-corrected chi connectivity index (χ3v) is 10.2. The Bertz CT molecular complexity index is 383. The van der Waals surface area contributed by atoms with Crippen LogP contribution in [-0.2, 0) is 0 Å². The fraction of sp³-hybridized carbons (Fsp3) is 0.786. The van der Waals surface area contributed by atoms with E-state index in [0.29, 0.717) is 11.1 Å². The van der Waals surface area contributed by atoms with Gasteiger partial charge in [-0.25, -0.2) is 0 Å². The highest BCUT2D eigenvalue weighted by Crippen LogP contribution is 2.50. The van der Waals surface area contributed by atoms with Gasteiger partial charge in [0.1, 0.15) is 0 Å². The van der Waals surface area contributed by atoms with E-state index in [9.17, 15) is 0 Å². The van der Waals surface area contributed by atoms with Gasteiger partial charge in [-0.3, -0.25) is 5.10 Å². The molecule has 0 aliphatic rings. The molecule has 0 amide bonds. The predicted octanol–water partition coefficient (Wildman–Crippen LogP) is 4.66. The van der Waals surface area contributed by atoms with Crippen LogP contribution in [0.2, 0.25) is 16.1 Å². The molecule has 1 heterocycles.